The first kappa shape index (κ1) is 14.5. The summed E-state index contributed by atoms with van der Waals surface area (Å²) in [5.41, 5.74) is 2.65. The molecule has 0 spiro atoms. The number of hydrogen-bond donors (Lipinski definition) is 1. The topological polar surface area (TPSA) is 21.3 Å². The van der Waals surface area contributed by atoms with Crippen LogP contribution in [-0.4, -0.2) is 18.2 Å². The molecule has 1 aromatic carbocycles. The van der Waals surface area contributed by atoms with E-state index in [1.165, 1.54) is 24.0 Å². The number of hydrogen-bond acceptors (Lipinski definition) is 2. The molecular weight excluding hydrogens is 234 g/mol. The summed E-state index contributed by atoms with van der Waals surface area (Å²) in [6.45, 7) is 8.26. The Morgan fingerprint density at radius 1 is 1.16 bits per heavy atom. The molecule has 0 radical (unpaired) electrons. The molecular formula is C17H27NO. The lowest BCUT2D eigenvalue weighted by Crippen LogP contribution is -2.22. The summed E-state index contributed by atoms with van der Waals surface area (Å²) in [7, 11) is 0. The Hall–Kier alpha value is -0.860. The van der Waals surface area contributed by atoms with Crippen LogP contribution in [0.2, 0.25) is 0 Å². The Kier molecular flexibility index (Phi) is 5.00. The van der Waals surface area contributed by atoms with Crippen molar-refractivity contribution in [1.29, 1.82) is 0 Å². The van der Waals surface area contributed by atoms with Crippen LogP contribution in [0.3, 0.4) is 0 Å². The molecule has 0 aliphatic heterocycles. The zero-order valence-electron chi connectivity index (χ0n) is 12.5. The fraction of sp³-hybridized carbons (Fsp3) is 0.647. The molecule has 0 atom stereocenters. The van der Waals surface area contributed by atoms with Gasteiger partial charge in [0.05, 0.1) is 12.2 Å². The molecule has 1 fully saturated rings. The average molecular weight is 261 g/mol. The van der Waals surface area contributed by atoms with Crippen molar-refractivity contribution in [3.63, 3.8) is 0 Å². The SMILES string of the molecule is CCC(C)(C)OCc1ccc(CCNC2CC2)cc1. The number of ether oxygens (including phenoxy) is 1. The molecule has 0 aromatic heterocycles. The Bertz CT molecular complexity index is 379. The molecule has 0 heterocycles. The molecule has 106 valence electrons. The largest absolute Gasteiger partial charge is 0.371 e. The van der Waals surface area contributed by atoms with Crippen LogP contribution in [0.1, 0.15) is 51.2 Å². The van der Waals surface area contributed by atoms with Gasteiger partial charge in [-0.1, -0.05) is 31.2 Å². The first-order chi connectivity index (χ1) is 9.09. The van der Waals surface area contributed by atoms with Crippen molar-refractivity contribution in [2.75, 3.05) is 6.54 Å². The first-order valence-electron chi connectivity index (χ1n) is 7.54. The molecule has 1 saturated carbocycles. The Morgan fingerprint density at radius 3 is 2.37 bits per heavy atom. The third-order valence-corrected chi connectivity index (χ3v) is 3.93. The van der Waals surface area contributed by atoms with E-state index >= 15 is 0 Å². The van der Waals surface area contributed by atoms with Gasteiger partial charge in [-0.2, -0.15) is 0 Å². The molecule has 2 heteroatoms. The lowest BCUT2D eigenvalue weighted by Gasteiger charge is -2.23. The van der Waals surface area contributed by atoms with Crippen LogP contribution in [-0.2, 0) is 17.8 Å². The molecule has 1 aliphatic carbocycles. The van der Waals surface area contributed by atoms with Gasteiger partial charge in [-0.15, -0.1) is 0 Å². The van der Waals surface area contributed by atoms with E-state index in [-0.39, 0.29) is 5.60 Å². The van der Waals surface area contributed by atoms with Crippen molar-refractivity contribution in [1.82, 2.24) is 5.32 Å². The number of rotatable bonds is 8. The van der Waals surface area contributed by atoms with Crippen LogP contribution in [0, 0.1) is 0 Å². The van der Waals surface area contributed by atoms with Crippen LogP contribution in [0.25, 0.3) is 0 Å². The third kappa shape index (κ3) is 5.33. The van der Waals surface area contributed by atoms with Crippen molar-refractivity contribution >= 4 is 0 Å². The molecule has 1 aliphatic rings. The zero-order chi connectivity index (χ0) is 13.7. The van der Waals surface area contributed by atoms with Crippen LogP contribution in [0.4, 0.5) is 0 Å². The van der Waals surface area contributed by atoms with Crippen molar-refractivity contribution in [3.8, 4) is 0 Å². The third-order valence-electron chi connectivity index (χ3n) is 3.93. The lowest BCUT2D eigenvalue weighted by atomic mass is 10.1. The van der Waals surface area contributed by atoms with E-state index in [1.54, 1.807) is 0 Å². The smallest absolute Gasteiger partial charge is 0.0724 e. The van der Waals surface area contributed by atoms with E-state index in [2.05, 4.69) is 50.4 Å². The highest BCUT2D eigenvalue weighted by Gasteiger charge is 2.19. The molecule has 2 rings (SSSR count). The van der Waals surface area contributed by atoms with Gasteiger partial charge in [0.2, 0.25) is 0 Å². The van der Waals surface area contributed by atoms with E-state index in [1.807, 2.05) is 0 Å². The molecule has 0 bridgehead atoms. The second kappa shape index (κ2) is 6.53. The van der Waals surface area contributed by atoms with Gasteiger partial charge in [0, 0.05) is 6.04 Å². The molecule has 0 saturated heterocycles. The summed E-state index contributed by atoms with van der Waals surface area (Å²) in [5.74, 6) is 0. The van der Waals surface area contributed by atoms with Gasteiger partial charge in [-0.3, -0.25) is 0 Å². The summed E-state index contributed by atoms with van der Waals surface area (Å²) in [6, 6.07) is 9.65. The van der Waals surface area contributed by atoms with Gasteiger partial charge in [0.1, 0.15) is 0 Å². The van der Waals surface area contributed by atoms with E-state index in [0.717, 1.165) is 25.4 Å². The van der Waals surface area contributed by atoms with Crippen LogP contribution in [0.15, 0.2) is 24.3 Å². The van der Waals surface area contributed by atoms with Gasteiger partial charge in [0.15, 0.2) is 0 Å². The minimum absolute atomic E-state index is 0.0210. The van der Waals surface area contributed by atoms with Crippen LogP contribution in [0.5, 0.6) is 0 Å². The molecule has 2 nitrogen and oxygen atoms in total. The van der Waals surface area contributed by atoms with Crippen LogP contribution < -0.4 is 5.32 Å². The van der Waals surface area contributed by atoms with E-state index in [4.69, 9.17) is 4.74 Å². The highest BCUT2D eigenvalue weighted by atomic mass is 16.5. The zero-order valence-corrected chi connectivity index (χ0v) is 12.5. The Morgan fingerprint density at radius 2 is 1.79 bits per heavy atom. The summed E-state index contributed by atoms with van der Waals surface area (Å²) in [4.78, 5) is 0. The highest BCUT2D eigenvalue weighted by Crippen LogP contribution is 2.19. The number of nitrogens with one attached hydrogen (secondary N) is 1. The fourth-order valence-corrected chi connectivity index (χ4v) is 1.89. The first-order valence-corrected chi connectivity index (χ1v) is 7.54. The average Bonchev–Trinajstić information content (AvgIpc) is 3.22. The minimum Gasteiger partial charge on any atom is -0.371 e. The predicted molar refractivity (Wildman–Crippen MR) is 80.3 cm³/mol. The maximum atomic E-state index is 5.91. The summed E-state index contributed by atoms with van der Waals surface area (Å²) in [5, 5.41) is 3.55. The molecule has 1 N–H and O–H groups in total. The molecule has 0 amide bonds. The van der Waals surface area contributed by atoms with E-state index in [9.17, 15) is 0 Å². The molecule has 1 aromatic rings. The van der Waals surface area contributed by atoms with Crippen molar-refractivity contribution in [2.24, 2.45) is 0 Å². The van der Waals surface area contributed by atoms with Crippen molar-refractivity contribution < 1.29 is 4.74 Å². The normalized spacial score (nSPS) is 15.7. The lowest BCUT2D eigenvalue weighted by molar-refractivity contribution is -0.0316. The molecule has 0 unspecified atom stereocenters. The second-order valence-corrected chi connectivity index (χ2v) is 6.20. The fourth-order valence-electron chi connectivity index (χ4n) is 1.89. The standard InChI is InChI=1S/C17H27NO/c1-4-17(2,3)19-13-15-7-5-14(6-8-15)11-12-18-16-9-10-16/h5-8,16,18H,4,9-13H2,1-3H3. The maximum Gasteiger partial charge on any atom is 0.0724 e. The van der Waals surface area contributed by atoms with Gasteiger partial charge in [-0.25, -0.2) is 0 Å². The summed E-state index contributed by atoms with van der Waals surface area (Å²) in [6.07, 6.45) is 4.89. The van der Waals surface area contributed by atoms with Gasteiger partial charge >= 0.3 is 0 Å². The Balaban J connectivity index is 1.73. The highest BCUT2D eigenvalue weighted by molar-refractivity contribution is 5.22. The van der Waals surface area contributed by atoms with Gasteiger partial charge in [0.25, 0.3) is 0 Å². The second-order valence-electron chi connectivity index (χ2n) is 6.20. The van der Waals surface area contributed by atoms with Crippen molar-refractivity contribution in [2.45, 2.75) is 64.7 Å². The Labute approximate surface area is 117 Å². The predicted octanol–water partition coefficient (Wildman–Crippen LogP) is 3.69. The monoisotopic (exact) mass is 261 g/mol. The number of benzene rings is 1. The van der Waals surface area contributed by atoms with Crippen LogP contribution >= 0.6 is 0 Å². The van der Waals surface area contributed by atoms with E-state index < -0.39 is 0 Å². The van der Waals surface area contributed by atoms with Gasteiger partial charge in [-0.05, 0) is 57.2 Å². The van der Waals surface area contributed by atoms with E-state index in [0.29, 0.717) is 6.61 Å². The minimum atomic E-state index is -0.0210. The quantitative estimate of drug-likeness (QED) is 0.770. The maximum absolute atomic E-state index is 5.91. The summed E-state index contributed by atoms with van der Waals surface area (Å²) < 4.78 is 5.91. The van der Waals surface area contributed by atoms with Crippen molar-refractivity contribution in [3.05, 3.63) is 35.4 Å². The summed E-state index contributed by atoms with van der Waals surface area (Å²) >= 11 is 0. The molecule has 19 heavy (non-hydrogen) atoms. The van der Waals surface area contributed by atoms with Gasteiger partial charge < -0.3 is 10.1 Å².